The number of unbranched alkanes of at least 4 members (excludes halogenated alkanes) is 1. The lowest BCUT2D eigenvalue weighted by Crippen LogP contribution is -2.58. The zero-order chi connectivity index (χ0) is 24.8. The van der Waals surface area contributed by atoms with Gasteiger partial charge in [0, 0.05) is 12.2 Å². The molecule has 0 saturated heterocycles. The maximum absolute atomic E-state index is 12.8. The largest absolute Gasteiger partial charge is 0.480 e. The standard InChI is InChI=1S/C19H36N6O6S/c1-10(2)15(22)18(29)23-11(5-3-4-8-20)16(27)25-13(9-32)17(28)24-12(19(30)31)6-7-14(21)26/h10-13,15,32H,3-9,20,22H2,1-2H3,(H2,21,26)(H,23,29)(H,24,28)(H,25,27)(H,30,31). The second kappa shape index (κ2) is 15.4. The molecule has 10 N–H and O–H groups in total. The molecule has 0 aromatic carbocycles. The number of hydrogen-bond donors (Lipinski definition) is 8. The van der Waals surface area contributed by atoms with E-state index in [1.165, 1.54) is 0 Å². The molecule has 13 heteroatoms. The third kappa shape index (κ3) is 11.3. The van der Waals surface area contributed by atoms with Crippen LogP contribution in [0.15, 0.2) is 0 Å². The van der Waals surface area contributed by atoms with Crippen molar-refractivity contribution in [3.63, 3.8) is 0 Å². The van der Waals surface area contributed by atoms with Gasteiger partial charge >= 0.3 is 5.97 Å². The van der Waals surface area contributed by atoms with Crippen LogP contribution >= 0.6 is 12.6 Å². The number of thiol groups is 1. The molecule has 0 aliphatic carbocycles. The molecule has 0 aliphatic rings. The van der Waals surface area contributed by atoms with E-state index in [2.05, 4.69) is 28.6 Å². The molecular weight excluding hydrogens is 440 g/mol. The van der Waals surface area contributed by atoms with Gasteiger partial charge in [-0.25, -0.2) is 4.79 Å². The van der Waals surface area contributed by atoms with E-state index < -0.39 is 53.8 Å². The molecule has 0 spiro atoms. The summed E-state index contributed by atoms with van der Waals surface area (Å²) in [6.45, 7) is 3.95. The van der Waals surface area contributed by atoms with Gasteiger partial charge in [-0.2, -0.15) is 12.6 Å². The Morgan fingerprint density at radius 2 is 1.41 bits per heavy atom. The van der Waals surface area contributed by atoms with Gasteiger partial charge in [-0.15, -0.1) is 0 Å². The third-order valence-corrected chi connectivity index (χ3v) is 5.08. The van der Waals surface area contributed by atoms with Crippen molar-refractivity contribution in [1.29, 1.82) is 0 Å². The maximum Gasteiger partial charge on any atom is 0.326 e. The molecule has 32 heavy (non-hydrogen) atoms. The van der Waals surface area contributed by atoms with E-state index in [0.717, 1.165) is 0 Å². The fourth-order valence-electron chi connectivity index (χ4n) is 2.62. The summed E-state index contributed by atoms with van der Waals surface area (Å²) >= 11 is 4.05. The van der Waals surface area contributed by atoms with Gasteiger partial charge in [0.15, 0.2) is 0 Å². The predicted molar refractivity (Wildman–Crippen MR) is 121 cm³/mol. The zero-order valence-corrected chi connectivity index (χ0v) is 19.4. The van der Waals surface area contributed by atoms with Gasteiger partial charge in [0.05, 0.1) is 6.04 Å². The van der Waals surface area contributed by atoms with E-state index in [1.54, 1.807) is 13.8 Å². The lowest BCUT2D eigenvalue weighted by Gasteiger charge is -2.25. The highest BCUT2D eigenvalue weighted by Gasteiger charge is 2.30. The Bertz CT molecular complexity index is 662. The molecular formula is C19H36N6O6S. The first-order chi connectivity index (χ1) is 14.9. The molecule has 4 atom stereocenters. The lowest BCUT2D eigenvalue weighted by atomic mass is 10.0. The smallest absolute Gasteiger partial charge is 0.326 e. The van der Waals surface area contributed by atoms with Crippen LogP contribution in [0.3, 0.4) is 0 Å². The predicted octanol–water partition coefficient (Wildman–Crippen LogP) is -2.17. The Balaban J connectivity index is 5.24. The number of carbonyl (C=O) groups is 5. The number of hydrogen-bond acceptors (Lipinski definition) is 8. The number of rotatable bonds is 16. The number of primary amides is 1. The maximum atomic E-state index is 12.8. The van der Waals surface area contributed by atoms with E-state index in [1.807, 2.05) is 0 Å². The number of aliphatic carboxylic acids is 1. The van der Waals surface area contributed by atoms with Crippen LogP contribution in [-0.2, 0) is 24.0 Å². The molecule has 0 heterocycles. The fraction of sp³-hybridized carbons (Fsp3) is 0.737. The van der Waals surface area contributed by atoms with E-state index in [0.29, 0.717) is 19.4 Å². The average molecular weight is 477 g/mol. The summed E-state index contributed by atoms with van der Waals surface area (Å²) < 4.78 is 0. The highest BCUT2D eigenvalue weighted by atomic mass is 32.1. The zero-order valence-electron chi connectivity index (χ0n) is 18.5. The van der Waals surface area contributed by atoms with Crippen LogP contribution in [0, 0.1) is 5.92 Å². The van der Waals surface area contributed by atoms with Crippen molar-refractivity contribution in [2.75, 3.05) is 12.3 Å². The topological polar surface area (TPSA) is 220 Å². The number of carboxylic acids is 1. The van der Waals surface area contributed by atoms with E-state index >= 15 is 0 Å². The van der Waals surface area contributed by atoms with Gasteiger partial charge in [0.1, 0.15) is 18.1 Å². The molecule has 0 aromatic heterocycles. The number of nitrogens with two attached hydrogens (primary N) is 3. The normalized spacial score (nSPS) is 14.7. The van der Waals surface area contributed by atoms with Crippen molar-refractivity contribution in [2.45, 2.75) is 70.1 Å². The van der Waals surface area contributed by atoms with Crippen LogP contribution < -0.4 is 33.2 Å². The summed E-state index contributed by atoms with van der Waals surface area (Å²) in [4.78, 5) is 59.8. The van der Waals surface area contributed by atoms with Crippen molar-refractivity contribution < 1.29 is 29.1 Å². The quantitative estimate of drug-likeness (QED) is 0.0902. The highest BCUT2D eigenvalue weighted by molar-refractivity contribution is 7.80. The van der Waals surface area contributed by atoms with Gasteiger partial charge in [-0.3, -0.25) is 19.2 Å². The number of carboxylic acid groups (broad SMARTS) is 1. The van der Waals surface area contributed by atoms with Crippen LogP contribution in [0.1, 0.15) is 46.0 Å². The summed E-state index contributed by atoms with van der Waals surface area (Å²) in [5, 5.41) is 16.6. The van der Waals surface area contributed by atoms with Crippen LogP contribution in [0.5, 0.6) is 0 Å². The van der Waals surface area contributed by atoms with E-state index in [-0.39, 0.29) is 30.9 Å². The van der Waals surface area contributed by atoms with Crippen LogP contribution in [0.2, 0.25) is 0 Å². The van der Waals surface area contributed by atoms with Gasteiger partial charge in [-0.05, 0) is 38.1 Å². The highest BCUT2D eigenvalue weighted by Crippen LogP contribution is 2.06. The van der Waals surface area contributed by atoms with Crippen LogP contribution in [0.4, 0.5) is 0 Å². The van der Waals surface area contributed by atoms with Crippen molar-refractivity contribution in [1.82, 2.24) is 16.0 Å². The average Bonchev–Trinajstić information content (AvgIpc) is 2.72. The Morgan fingerprint density at radius 3 is 1.88 bits per heavy atom. The molecule has 0 fully saturated rings. The van der Waals surface area contributed by atoms with Crippen LogP contribution in [0.25, 0.3) is 0 Å². The summed E-state index contributed by atoms with van der Waals surface area (Å²) in [5.74, 6) is -4.27. The molecule has 0 radical (unpaired) electrons. The second-order valence-corrected chi connectivity index (χ2v) is 8.13. The van der Waals surface area contributed by atoms with Crippen LogP contribution in [-0.4, -0.2) is 71.2 Å². The minimum Gasteiger partial charge on any atom is -0.480 e. The Morgan fingerprint density at radius 1 is 0.875 bits per heavy atom. The first-order valence-corrected chi connectivity index (χ1v) is 11.1. The monoisotopic (exact) mass is 476 g/mol. The van der Waals surface area contributed by atoms with E-state index in [4.69, 9.17) is 17.2 Å². The molecule has 12 nitrogen and oxygen atoms in total. The molecule has 0 bridgehead atoms. The van der Waals surface area contributed by atoms with E-state index in [9.17, 15) is 29.1 Å². The fourth-order valence-corrected chi connectivity index (χ4v) is 2.87. The van der Waals surface area contributed by atoms with Gasteiger partial charge in [-0.1, -0.05) is 13.8 Å². The second-order valence-electron chi connectivity index (χ2n) is 7.76. The molecule has 0 aromatic rings. The molecule has 0 saturated carbocycles. The number of amides is 4. The Labute approximate surface area is 193 Å². The lowest BCUT2D eigenvalue weighted by molar-refractivity contribution is -0.142. The van der Waals surface area contributed by atoms with Gasteiger partial charge in [0.25, 0.3) is 0 Å². The summed E-state index contributed by atoms with van der Waals surface area (Å²) in [6, 6.07) is -4.31. The minimum absolute atomic E-state index is 0.130. The molecule has 0 rings (SSSR count). The SMILES string of the molecule is CC(C)C(N)C(=O)NC(CCCCN)C(=O)NC(CS)C(=O)NC(CCC(N)=O)C(=O)O. The molecule has 184 valence electrons. The first kappa shape index (κ1) is 29.6. The van der Waals surface area contributed by atoms with Crippen molar-refractivity contribution in [3.05, 3.63) is 0 Å². The third-order valence-electron chi connectivity index (χ3n) is 4.71. The van der Waals surface area contributed by atoms with Crippen molar-refractivity contribution in [2.24, 2.45) is 23.1 Å². The summed E-state index contributed by atoms with van der Waals surface area (Å²) in [6.07, 6.45) is 1.02. The van der Waals surface area contributed by atoms with Gasteiger partial charge in [0.2, 0.25) is 23.6 Å². The van der Waals surface area contributed by atoms with Crippen molar-refractivity contribution in [3.8, 4) is 0 Å². The van der Waals surface area contributed by atoms with Gasteiger partial charge < -0.3 is 38.3 Å². The minimum atomic E-state index is -1.36. The molecule has 4 amide bonds. The Kier molecular flexibility index (Phi) is 14.3. The summed E-state index contributed by atoms with van der Waals surface area (Å²) in [5.41, 5.74) is 16.4. The molecule has 0 aliphatic heterocycles. The first-order valence-electron chi connectivity index (χ1n) is 10.4. The molecule has 4 unspecified atom stereocenters. The number of carbonyl (C=O) groups excluding carboxylic acids is 4. The van der Waals surface area contributed by atoms with Crippen molar-refractivity contribution >= 4 is 42.2 Å². The summed E-state index contributed by atoms with van der Waals surface area (Å²) in [7, 11) is 0. The Hall–Kier alpha value is -2.38. The number of nitrogens with one attached hydrogen (secondary N) is 3.